The predicted molar refractivity (Wildman–Crippen MR) is 189 cm³/mol. The summed E-state index contributed by atoms with van der Waals surface area (Å²) < 4.78 is 6.03. The fourth-order valence-electron chi connectivity index (χ4n) is 8.87. The van der Waals surface area contributed by atoms with E-state index in [-0.39, 0.29) is 24.5 Å². The third-order valence-electron chi connectivity index (χ3n) is 11.8. The number of aliphatic hydroxyl groups is 2. The summed E-state index contributed by atoms with van der Waals surface area (Å²) in [6, 6.07) is 24.2. The number of aliphatic hydroxyl groups excluding tert-OH is 2. The van der Waals surface area contributed by atoms with Crippen molar-refractivity contribution in [2.75, 3.05) is 25.6 Å². The van der Waals surface area contributed by atoms with Gasteiger partial charge in [-0.05, 0) is 72.6 Å². The minimum Gasteiger partial charge on any atom is -0.496 e. The van der Waals surface area contributed by atoms with Gasteiger partial charge < -0.3 is 25.6 Å². The summed E-state index contributed by atoms with van der Waals surface area (Å²) in [5, 5.41) is 30.0. The van der Waals surface area contributed by atoms with Crippen molar-refractivity contribution in [3.05, 3.63) is 83.9 Å². The summed E-state index contributed by atoms with van der Waals surface area (Å²) in [5.41, 5.74) is 5.06. The van der Waals surface area contributed by atoms with Crippen LogP contribution < -0.4 is 15.4 Å². The Morgan fingerprint density at radius 1 is 1.08 bits per heavy atom. The lowest BCUT2D eigenvalue weighted by Gasteiger charge is -2.62. The van der Waals surface area contributed by atoms with E-state index in [1.54, 1.807) is 14.0 Å². The molecule has 3 aromatic rings. The highest BCUT2D eigenvalue weighted by atomic mass is 16.7. The molecule has 1 amide bonds. The number of aryl methyl sites for hydroxylation is 1. The second-order valence-electron chi connectivity index (χ2n) is 14.9. The van der Waals surface area contributed by atoms with Crippen molar-refractivity contribution in [2.45, 2.75) is 84.2 Å². The lowest BCUT2D eigenvalue weighted by molar-refractivity contribution is -0.178. The average Bonchev–Trinajstić information content (AvgIpc) is 3.44. The Balaban J connectivity index is 1.18. The number of benzene rings is 3. The molecule has 258 valence electrons. The van der Waals surface area contributed by atoms with Crippen LogP contribution in [0.2, 0.25) is 0 Å². The third-order valence-corrected chi connectivity index (χ3v) is 11.8. The van der Waals surface area contributed by atoms with Gasteiger partial charge in [0.05, 0.1) is 32.4 Å². The molecule has 3 saturated carbocycles. The van der Waals surface area contributed by atoms with Crippen molar-refractivity contribution in [3.63, 3.8) is 0 Å². The van der Waals surface area contributed by atoms with Crippen LogP contribution in [-0.4, -0.2) is 65.7 Å². The first kappa shape index (κ1) is 34.6. The summed E-state index contributed by atoms with van der Waals surface area (Å²) >= 11 is 0. The lowest BCUT2D eigenvalue weighted by Crippen LogP contribution is -2.61. The molecule has 8 heteroatoms. The van der Waals surface area contributed by atoms with E-state index in [1.807, 2.05) is 77.9 Å². The Bertz CT molecular complexity index is 1540. The van der Waals surface area contributed by atoms with Crippen LogP contribution in [0.4, 0.5) is 5.69 Å². The molecule has 0 spiro atoms. The number of para-hydroxylation sites is 1. The number of nitrogens with zero attached hydrogens (tertiary/aromatic N) is 1. The monoisotopic (exact) mass is 655 g/mol. The molecule has 1 saturated heterocycles. The first-order valence-electron chi connectivity index (χ1n) is 17.7. The van der Waals surface area contributed by atoms with Crippen LogP contribution >= 0.6 is 0 Å². The number of methoxy groups -OCH3 is 1. The highest BCUT2D eigenvalue weighted by molar-refractivity contribution is 5.91. The van der Waals surface area contributed by atoms with Crippen LogP contribution in [0.5, 0.6) is 5.75 Å². The number of amides is 1. The lowest BCUT2D eigenvalue weighted by atomic mass is 9.45. The molecule has 1 heterocycles. The molecule has 8 nitrogen and oxygen atoms in total. The van der Waals surface area contributed by atoms with Crippen LogP contribution in [0.25, 0.3) is 11.1 Å². The van der Waals surface area contributed by atoms with E-state index in [9.17, 15) is 15.0 Å². The summed E-state index contributed by atoms with van der Waals surface area (Å²) in [6.45, 7) is 9.94. The molecular formula is C40H53N3O5. The van der Waals surface area contributed by atoms with E-state index in [0.717, 1.165) is 45.5 Å². The van der Waals surface area contributed by atoms with Gasteiger partial charge in [-0.15, -0.1) is 0 Å². The van der Waals surface area contributed by atoms with Crippen molar-refractivity contribution in [1.29, 1.82) is 0 Å². The molecule has 1 aliphatic heterocycles. The van der Waals surface area contributed by atoms with Crippen molar-refractivity contribution < 1.29 is 24.6 Å². The number of hydroxylamine groups is 2. The van der Waals surface area contributed by atoms with Crippen molar-refractivity contribution in [2.24, 2.45) is 29.1 Å². The van der Waals surface area contributed by atoms with Crippen molar-refractivity contribution in [3.8, 4) is 16.9 Å². The zero-order valence-electron chi connectivity index (χ0n) is 29.1. The zero-order valence-corrected chi connectivity index (χ0v) is 29.1. The first-order chi connectivity index (χ1) is 23.1. The Hall–Kier alpha value is -3.27. The Kier molecular flexibility index (Phi) is 10.6. The number of hydrogen-bond donors (Lipinski definition) is 4. The minimum absolute atomic E-state index is 0.0305. The van der Waals surface area contributed by atoms with E-state index in [2.05, 4.69) is 31.4 Å². The van der Waals surface area contributed by atoms with Gasteiger partial charge in [0.15, 0.2) is 0 Å². The normalized spacial score (nSPS) is 28.4. The van der Waals surface area contributed by atoms with Gasteiger partial charge in [0, 0.05) is 41.7 Å². The van der Waals surface area contributed by atoms with Crippen LogP contribution in [0.3, 0.4) is 0 Å². The van der Waals surface area contributed by atoms with E-state index < -0.39 is 12.2 Å². The Labute approximate surface area is 285 Å². The molecule has 0 aromatic heterocycles. The number of ether oxygens (including phenoxy) is 1. The summed E-state index contributed by atoms with van der Waals surface area (Å²) in [5.74, 6) is 2.51. The van der Waals surface area contributed by atoms with Crippen LogP contribution in [-0.2, 0) is 22.6 Å². The number of anilines is 1. The number of carbonyl (C=O) groups excluding carboxylic acids is 1. The summed E-state index contributed by atoms with van der Waals surface area (Å²) in [6.07, 6.45) is 2.44. The second kappa shape index (κ2) is 14.7. The molecule has 3 aromatic carbocycles. The summed E-state index contributed by atoms with van der Waals surface area (Å²) in [7, 11) is 1.67. The quantitative estimate of drug-likeness (QED) is 0.177. The number of carbonyl (C=O) groups is 1. The smallest absolute Gasteiger partial charge is 0.224 e. The van der Waals surface area contributed by atoms with Gasteiger partial charge in [-0.3, -0.25) is 9.63 Å². The molecule has 7 rings (SSSR count). The van der Waals surface area contributed by atoms with Gasteiger partial charge >= 0.3 is 0 Å². The van der Waals surface area contributed by atoms with E-state index in [0.29, 0.717) is 43.3 Å². The molecule has 8 atom stereocenters. The van der Waals surface area contributed by atoms with Crippen LogP contribution in [0.1, 0.15) is 58.1 Å². The molecule has 2 bridgehead atoms. The zero-order chi connectivity index (χ0) is 34.0. The molecular weight excluding hydrogens is 602 g/mol. The SMILES string of the molecule is COc1c(CN2O[C@@H](CO)[C@H]([C@H](C)O)C2CN[C@H]2C[C@H]3C[C@@H]([C@@H]2C)C3(C)C)cccc1-c1cccc(NC(=O)CCc2ccccc2)c1. The minimum atomic E-state index is -0.645. The molecule has 48 heavy (non-hydrogen) atoms. The number of rotatable bonds is 13. The van der Waals surface area contributed by atoms with Gasteiger partial charge in [0.1, 0.15) is 11.9 Å². The third kappa shape index (κ3) is 7.05. The van der Waals surface area contributed by atoms with E-state index >= 15 is 0 Å². The number of fused-ring (bicyclic) bond motifs is 2. The van der Waals surface area contributed by atoms with Crippen molar-refractivity contribution in [1.82, 2.24) is 10.4 Å². The molecule has 3 aliphatic carbocycles. The van der Waals surface area contributed by atoms with Crippen LogP contribution in [0.15, 0.2) is 72.8 Å². The molecule has 0 radical (unpaired) electrons. The molecule has 4 N–H and O–H groups in total. The van der Waals surface area contributed by atoms with Crippen LogP contribution in [0, 0.1) is 29.1 Å². The standard InChI is InChI=1S/C40H53N3O5/c1-25-33-20-30(40(33,3)4)21-34(25)41-22-35-38(26(2)45)36(24-44)48-43(35)23-29-14-10-16-32(39(29)47-5)28-13-9-15-31(19-28)42-37(46)18-17-27-11-7-6-8-12-27/h6-16,19,25-26,30,33-36,38,41,44-45H,17-18,20-24H2,1-5H3,(H,42,46)/t25-,26-,30+,33-,34-,35?,36-,38+/m0/s1. The van der Waals surface area contributed by atoms with Gasteiger partial charge in [-0.2, -0.15) is 5.06 Å². The first-order valence-corrected chi connectivity index (χ1v) is 17.7. The summed E-state index contributed by atoms with van der Waals surface area (Å²) in [4.78, 5) is 19.2. The topological polar surface area (TPSA) is 103 Å². The fourth-order valence-corrected chi connectivity index (χ4v) is 8.87. The predicted octanol–water partition coefficient (Wildman–Crippen LogP) is 6.07. The molecule has 4 aliphatic rings. The maximum absolute atomic E-state index is 12.8. The Morgan fingerprint density at radius 2 is 1.85 bits per heavy atom. The van der Waals surface area contributed by atoms with E-state index in [4.69, 9.17) is 9.57 Å². The highest BCUT2D eigenvalue weighted by Gasteiger charge is 2.56. The molecule has 4 fully saturated rings. The maximum atomic E-state index is 12.8. The van der Waals surface area contributed by atoms with Gasteiger partial charge in [0.25, 0.3) is 0 Å². The average molecular weight is 656 g/mol. The highest BCUT2D eigenvalue weighted by Crippen LogP contribution is 2.61. The molecule has 1 unspecified atom stereocenters. The Morgan fingerprint density at radius 3 is 2.54 bits per heavy atom. The largest absolute Gasteiger partial charge is 0.496 e. The second-order valence-corrected chi connectivity index (χ2v) is 14.9. The van der Waals surface area contributed by atoms with Gasteiger partial charge in [-0.25, -0.2) is 0 Å². The van der Waals surface area contributed by atoms with Crippen molar-refractivity contribution >= 4 is 11.6 Å². The van der Waals surface area contributed by atoms with E-state index in [1.165, 1.54) is 12.8 Å². The number of nitrogens with one attached hydrogen (secondary N) is 2. The number of hydrogen-bond acceptors (Lipinski definition) is 7. The van der Waals surface area contributed by atoms with Gasteiger partial charge in [-0.1, -0.05) is 81.4 Å². The fraction of sp³-hybridized carbons (Fsp3) is 0.525. The maximum Gasteiger partial charge on any atom is 0.224 e. The van der Waals surface area contributed by atoms with Gasteiger partial charge in [0.2, 0.25) is 5.91 Å².